The third kappa shape index (κ3) is 3.21. The summed E-state index contributed by atoms with van der Waals surface area (Å²) >= 11 is 1.27. The fourth-order valence-corrected chi connectivity index (χ4v) is 1.37. The van der Waals surface area contributed by atoms with Crippen LogP contribution in [0.5, 0.6) is 0 Å². The van der Waals surface area contributed by atoms with Crippen molar-refractivity contribution in [2.24, 2.45) is 0 Å². The molecule has 2 N–H and O–H groups in total. The maximum atomic E-state index is 12.4. The van der Waals surface area contributed by atoms with Gasteiger partial charge >= 0.3 is 0 Å². The van der Waals surface area contributed by atoms with E-state index >= 15 is 0 Å². The molecule has 0 heterocycles. The summed E-state index contributed by atoms with van der Waals surface area (Å²) in [6, 6.07) is 5.88. The van der Waals surface area contributed by atoms with E-state index in [-0.39, 0.29) is 11.6 Å². The second-order valence-electron chi connectivity index (χ2n) is 2.25. The molecule has 0 bridgehead atoms. The van der Waals surface area contributed by atoms with Gasteiger partial charge in [0.1, 0.15) is 5.82 Å². The second kappa shape index (κ2) is 4.45. The van der Waals surface area contributed by atoms with E-state index < -0.39 is 6.29 Å². The molecule has 0 spiro atoms. The summed E-state index contributed by atoms with van der Waals surface area (Å²) in [5, 5.41) is 17.1. The molecule has 1 aromatic rings. The summed E-state index contributed by atoms with van der Waals surface area (Å²) < 4.78 is 12.4. The van der Waals surface area contributed by atoms with Crippen LogP contribution in [0.1, 0.15) is 0 Å². The molecule has 1 rings (SSSR count). The lowest BCUT2D eigenvalue weighted by atomic mass is 10.4. The Morgan fingerprint density at radius 3 is 2.33 bits per heavy atom. The third-order valence-corrected chi connectivity index (χ3v) is 2.28. The van der Waals surface area contributed by atoms with Crippen LogP contribution < -0.4 is 0 Å². The molecule has 0 atom stereocenters. The molecule has 0 radical (unpaired) electrons. The molecule has 0 fully saturated rings. The zero-order valence-electron chi connectivity index (χ0n) is 6.27. The van der Waals surface area contributed by atoms with Gasteiger partial charge in [-0.3, -0.25) is 0 Å². The van der Waals surface area contributed by atoms with Crippen molar-refractivity contribution in [3.05, 3.63) is 30.1 Å². The van der Waals surface area contributed by atoms with Crippen molar-refractivity contribution in [3.8, 4) is 0 Å². The van der Waals surface area contributed by atoms with Crippen LogP contribution in [-0.4, -0.2) is 22.3 Å². The number of benzene rings is 1. The van der Waals surface area contributed by atoms with Gasteiger partial charge in [-0.05, 0) is 24.3 Å². The van der Waals surface area contributed by atoms with Gasteiger partial charge in [0.15, 0.2) is 6.29 Å². The van der Waals surface area contributed by atoms with E-state index in [4.69, 9.17) is 10.2 Å². The van der Waals surface area contributed by atoms with Gasteiger partial charge in [0.05, 0.1) is 0 Å². The standard InChI is InChI=1S/C8H9FO2S/c9-6-1-3-7(4-2-6)12-5-8(10)11/h1-4,8,10-11H,5H2. The van der Waals surface area contributed by atoms with E-state index in [2.05, 4.69) is 0 Å². The quantitative estimate of drug-likeness (QED) is 0.553. The van der Waals surface area contributed by atoms with E-state index in [0.29, 0.717) is 0 Å². The highest BCUT2D eigenvalue weighted by molar-refractivity contribution is 7.99. The Hall–Kier alpha value is -0.580. The Morgan fingerprint density at radius 2 is 1.83 bits per heavy atom. The van der Waals surface area contributed by atoms with Crippen LogP contribution in [0.25, 0.3) is 0 Å². The highest BCUT2D eigenvalue weighted by atomic mass is 32.2. The molecule has 0 saturated carbocycles. The van der Waals surface area contributed by atoms with E-state index in [0.717, 1.165) is 4.90 Å². The smallest absolute Gasteiger partial charge is 0.160 e. The number of hydrogen-bond donors (Lipinski definition) is 2. The molecular weight excluding hydrogens is 179 g/mol. The number of aliphatic hydroxyl groups is 2. The lowest BCUT2D eigenvalue weighted by Crippen LogP contribution is -2.06. The Labute approximate surface area is 74.0 Å². The van der Waals surface area contributed by atoms with Gasteiger partial charge in [0, 0.05) is 10.6 Å². The highest BCUT2D eigenvalue weighted by Crippen LogP contribution is 2.18. The summed E-state index contributed by atoms with van der Waals surface area (Å²) in [5.74, 6) is -0.0880. The number of aliphatic hydroxyl groups excluding tert-OH is 1. The molecule has 2 nitrogen and oxygen atoms in total. The zero-order valence-corrected chi connectivity index (χ0v) is 7.09. The average molecular weight is 188 g/mol. The van der Waals surface area contributed by atoms with Crippen LogP contribution in [0.15, 0.2) is 29.2 Å². The first-order valence-electron chi connectivity index (χ1n) is 3.43. The van der Waals surface area contributed by atoms with E-state index in [1.54, 1.807) is 12.1 Å². The van der Waals surface area contributed by atoms with Crippen molar-refractivity contribution in [1.82, 2.24) is 0 Å². The zero-order chi connectivity index (χ0) is 8.97. The number of rotatable bonds is 3. The monoisotopic (exact) mass is 188 g/mol. The van der Waals surface area contributed by atoms with Crippen molar-refractivity contribution >= 4 is 11.8 Å². The summed E-state index contributed by atoms with van der Waals surface area (Å²) in [6.45, 7) is 0. The molecular formula is C8H9FO2S. The summed E-state index contributed by atoms with van der Waals surface area (Å²) in [7, 11) is 0. The van der Waals surface area contributed by atoms with Gasteiger partial charge in [0.2, 0.25) is 0 Å². The first kappa shape index (κ1) is 9.51. The SMILES string of the molecule is OC(O)CSc1ccc(F)cc1. The third-order valence-electron chi connectivity index (χ3n) is 1.21. The minimum Gasteiger partial charge on any atom is -0.367 e. The van der Waals surface area contributed by atoms with Gasteiger partial charge in [-0.1, -0.05) is 0 Å². The molecule has 0 aliphatic heterocycles. The largest absolute Gasteiger partial charge is 0.367 e. The summed E-state index contributed by atoms with van der Waals surface area (Å²) in [5.41, 5.74) is 0. The minimum atomic E-state index is -1.32. The molecule has 0 unspecified atom stereocenters. The predicted molar refractivity (Wildman–Crippen MR) is 45.3 cm³/mol. The number of hydrogen-bond acceptors (Lipinski definition) is 3. The molecule has 0 aromatic heterocycles. The van der Waals surface area contributed by atoms with Crippen LogP contribution in [0, 0.1) is 5.82 Å². The van der Waals surface area contributed by atoms with Crippen LogP contribution in [-0.2, 0) is 0 Å². The first-order valence-corrected chi connectivity index (χ1v) is 4.41. The fourth-order valence-electron chi connectivity index (χ4n) is 0.702. The second-order valence-corrected chi connectivity index (χ2v) is 3.34. The lowest BCUT2D eigenvalue weighted by Gasteiger charge is -2.02. The number of thioether (sulfide) groups is 1. The van der Waals surface area contributed by atoms with Gasteiger partial charge < -0.3 is 10.2 Å². The molecule has 4 heteroatoms. The van der Waals surface area contributed by atoms with Gasteiger partial charge in [-0.2, -0.15) is 0 Å². The van der Waals surface area contributed by atoms with Crippen molar-refractivity contribution < 1.29 is 14.6 Å². The topological polar surface area (TPSA) is 40.5 Å². The molecule has 12 heavy (non-hydrogen) atoms. The Morgan fingerprint density at radius 1 is 1.25 bits per heavy atom. The lowest BCUT2D eigenvalue weighted by molar-refractivity contribution is -0.0186. The normalized spacial score (nSPS) is 10.7. The molecule has 0 saturated heterocycles. The van der Waals surface area contributed by atoms with Gasteiger partial charge in [-0.25, -0.2) is 4.39 Å². The molecule has 66 valence electrons. The highest BCUT2D eigenvalue weighted by Gasteiger charge is 1.99. The molecule has 0 amide bonds. The summed E-state index contributed by atoms with van der Waals surface area (Å²) in [4.78, 5) is 0.824. The molecule has 0 aliphatic carbocycles. The first-order chi connectivity index (χ1) is 5.68. The van der Waals surface area contributed by atoms with Crippen molar-refractivity contribution in [1.29, 1.82) is 0 Å². The van der Waals surface area contributed by atoms with Gasteiger partial charge in [0.25, 0.3) is 0 Å². The van der Waals surface area contributed by atoms with E-state index in [1.165, 1.54) is 23.9 Å². The Balaban J connectivity index is 2.48. The van der Waals surface area contributed by atoms with E-state index in [1.807, 2.05) is 0 Å². The van der Waals surface area contributed by atoms with Crippen molar-refractivity contribution in [2.75, 3.05) is 5.75 Å². The number of halogens is 1. The molecule has 0 aliphatic rings. The van der Waals surface area contributed by atoms with Crippen LogP contribution >= 0.6 is 11.8 Å². The Kier molecular flexibility index (Phi) is 3.52. The average Bonchev–Trinajstić information content (AvgIpc) is 2.03. The molecule has 1 aromatic carbocycles. The minimum absolute atomic E-state index is 0.200. The maximum absolute atomic E-state index is 12.4. The maximum Gasteiger partial charge on any atom is 0.160 e. The summed E-state index contributed by atoms with van der Waals surface area (Å²) in [6.07, 6.45) is -1.32. The van der Waals surface area contributed by atoms with Crippen LogP contribution in [0.2, 0.25) is 0 Å². The van der Waals surface area contributed by atoms with Crippen molar-refractivity contribution in [2.45, 2.75) is 11.2 Å². The fraction of sp³-hybridized carbons (Fsp3) is 0.250. The van der Waals surface area contributed by atoms with Crippen molar-refractivity contribution in [3.63, 3.8) is 0 Å². The van der Waals surface area contributed by atoms with Crippen LogP contribution in [0.3, 0.4) is 0 Å². The van der Waals surface area contributed by atoms with Gasteiger partial charge in [-0.15, -0.1) is 11.8 Å². The Bertz CT molecular complexity index is 235. The van der Waals surface area contributed by atoms with Crippen LogP contribution in [0.4, 0.5) is 4.39 Å². The van der Waals surface area contributed by atoms with E-state index in [9.17, 15) is 4.39 Å². The predicted octanol–water partition coefficient (Wildman–Crippen LogP) is 1.23.